The summed E-state index contributed by atoms with van der Waals surface area (Å²) in [4.78, 5) is 11.7. The molecule has 1 rings (SSSR count). The van der Waals surface area contributed by atoms with Gasteiger partial charge in [0.15, 0.2) is 0 Å². The Kier molecular flexibility index (Phi) is 7.52. The Morgan fingerprint density at radius 3 is 2.40 bits per heavy atom. The van der Waals surface area contributed by atoms with E-state index in [-0.39, 0.29) is 5.91 Å². The number of carbonyl (C=O) groups is 1. The molecule has 0 spiro atoms. The van der Waals surface area contributed by atoms with E-state index < -0.39 is 0 Å². The third-order valence-corrected chi connectivity index (χ3v) is 4.43. The SMILES string of the molecule is COCCNCC(=O)NCC1CCC(C(C)(C)C)CC1. The van der Waals surface area contributed by atoms with Crippen molar-refractivity contribution in [1.82, 2.24) is 10.6 Å². The van der Waals surface area contributed by atoms with Crippen molar-refractivity contribution < 1.29 is 9.53 Å². The predicted molar refractivity (Wildman–Crippen MR) is 82.7 cm³/mol. The molecule has 0 atom stereocenters. The van der Waals surface area contributed by atoms with Crippen LogP contribution in [0.15, 0.2) is 0 Å². The van der Waals surface area contributed by atoms with Gasteiger partial charge in [0.1, 0.15) is 0 Å². The fraction of sp³-hybridized carbons (Fsp3) is 0.938. The largest absolute Gasteiger partial charge is 0.383 e. The molecule has 4 heteroatoms. The minimum atomic E-state index is 0.0963. The molecule has 0 saturated heterocycles. The molecule has 0 aliphatic heterocycles. The summed E-state index contributed by atoms with van der Waals surface area (Å²) in [6.45, 7) is 9.61. The first-order valence-electron chi connectivity index (χ1n) is 7.90. The van der Waals surface area contributed by atoms with Gasteiger partial charge in [0.05, 0.1) is 13.2 Å². The summed E-state index contributed by atoms with van der Waals surface area (Å²) in [6, 6.07) is 0. The third-order valence-electron chi connectivity index (χ3n) is 4.43. The van der Waals surface area contributed by atoms with Crippen LogP contribution in [0.25, 0.3) is 0 Å². The van der Waals surface area contributed by atoms with Crippen LogP contribution in [0.5, 0.6) is 0 Å². The highest BCUT2D eigenvalue weighted by Crippen LogP contribution is 2.39. The van der Waals surface area contributed by atoms with Crippen LogP contribution in [-0.2, 0) is 9.53 Å². The van der Waals surface area contributed by atoms with Crippen molar-refractivity contribution in [3.05, 3.63) is 0 Å². The summed E-state index contributed by atoms with van der Waals surface area (Å²) >= 11 is 0. The molecule has 1 fully saturated rings. The van der Waals surface area contributed by atoms with E-state index >= 15 is 0 Å². The van der Waals surface area contributed by atoms with E-state index in [1.807, 2.05) is 0 Å². The molecular weight excluding hydrogens is 252 g/mol. The second kappa shape index (κ2) is 8.63. The average molecular weight is 284 g/mol. The maximum Gasteiger partial charge on any atom is 0.233 e. The highest BCUT2D eigenvalue weighted by Gasteiger charge is 2.29. The third kappa shape index (κ3) is 6.71. The fourth-order valence-electron chi connectivity index (χ4n) is 2.93. The minimum Gasteiger partial charge on any atom is -0.383 e. The highest BCUT2D eigenvalue weighted by atomic mass is 16.5. The van der Waals surface area contributed by atoms with Gasteiger partial charge in [0.2, 0.25) is 5.91 Å². The number of amides is 1. The van der Waals surface area contributed by atoms with E-state index in [9.17, 15) is 4.79 Å². The number of ether oxygens (including phenoxy) is 1. The number of hydrogen-bond acceptors (Lipinski definition) is 3. The predicted octanol–water partition coefficient (Wildman–Crippen LogP) is 2.19. The smallest absolute Gasteiger partial charge is 0.233 e. The number of hydrogen-bond donors (Lipinski definition) is 2. The first-order valence-corrected chi connectivity index (χ1v) is 7.90. The summed E-state index contributed by atoms with van der Waals surface area (Å²) in [6.07, 6.45) is 5.10. The van der Waals surface area contributed by atoms with Gasteiger partial charge in [-0.25, -0.2) is 0 Å². The lowest BCUT2D eigenvalue weighted by molar-refractivity contribution is -0.120. The molecule has 2 N–H and O–H groups in total. The number of nitrogens with one attached hydrogen (secondary N) is 2. The lowest BCUT2D eigenvalue weighted by atomic mass is 9.70. The number of methoxy groups -OCH3 is 1. The lowest BCUT2D eigenvalue weighted by Gasteiger charge is -2.37. The average Bonchev–Trinajstić information content (AvgIpc) is 2.41. The van der Waals surface area contributed by atoms with Crippen LogP contribution in [-0.4, -0.2) is 39.3 Å². The Morgan fingerprint density at radius 1 is 1.20 bits per heavy atom. The van der Waals surface area contributed by atoms with Crippen LogP contribution >= 0.6 is 0 Å². The summed E-state index contributed by atoms with van der Waals surface area (Å²) in [5.74, 6) is 1.60. The second-order valence-electron chi connectivity index (χ2n) is 7.06. The van der Waals surface area contributed by atoms with E-state index in [0.29, 0.717) is 24.5 Å². The molecular formula is C16H32N2O2. The zero-order valence-electron chi connectivity index (χ0n) is 13.6. The topological polar surface area (TPSA) is 50.4 Å². The lowest BCUT2D eigenvalue weighted by Crippen LogP contribution is -2.38. The van der Waals surface area contributed by atoms with Gasteiger partial charge in [-0.1, -0.05) is 20.8 Å². The molecule has 1 saturated carbocycles. The zero-order valence-corrected chi connectivity index (χ0v) is 13.6. The molecule has 0 heterocycles. The van der Waals surface area contributed by atoms with Gasteiger partial charge in [-0.05, 0) is 42.9 Å². The summed E-state index contributed by atoms with van der Waals surface area (Å²) in [7, 11) is 1.66. The quantitative estimate of drug-likeness (QED) is 0.705. The molecule has 1 amide bonds. The fourth-order valence-corrected chi connectivity index (χ4v) is 2.93. The summed E-state index contributed by atoms with van der Waals surface area (Å²) < 4.78 is 4.92. The summed E-state index contributed by atoms with van der Waals surface area (Å²) in [5.41, 5.74) is 0.430. The maximum atomic E-state index is 11.7. The van der Waals surface area contributed by atoms with Gasteiger partial charge < -0.3 is 15.4 Å². The molecule has 0 unspecified atom stereocenters. The van der Waals surface area contributed by atoms with Crippen molar-refractivity contribution in [2.75, 3.05) is 33.4 Å². The Morgan fingerprint density at radius 2 is 1.85 bits per heavy atom. The van der Waals surface area contributed by atoms with Gasteiger partial charge >= 0.3 is 0 Å². The van der Waals surface area contributed by atoms with Gasteiger partial charge in [-0.3, -0.25) is 4.79 Å². The molecule has 0 aromatic heterocycles. The second-order valence-corrected chi connectivity index (χ2v) is 7.06. The Hall–Kier alpha value is -0.610. The molecule has 4 nitrogen and oxygen atoms in total. The Bertz CT molecular complexity index is 279. The Labute approximate surface area is 124 Å². The normalized spacial score (nSPS) is 23.6. The van der Waals surface area contributed by atoms with E-state index in [0.717, 1.165) is 19.0 Å². The first kappa shape index (κ1) is 17.4. The van der Waals surface area contributed by atoms with Gasteiger partial charge in [-0.15, -0.1) is 0 Å². The van der Waals surface area contributed by atoms with Crippen molar-refractivity contribution in [3.8, 4) is 0 Å². The van der Waals surface area contributed by atoms with Gasteiger partial charge in [0.25, 0.3) is 0 Å². The van der Waals surface area contributed by atoms with E-state index in [2.05, 4.69) is 31.4 Å². The molecule has 118 valence electrons. The van der Waals surface area contributed by atoms with Gasteiger partial charge in [-0.2, -0.15) is 0 Å². The Balaban J connectivity index is 2.10. The van der Waals surface area contributed by atoms with Crippen molar-refractivity contribution in [1.29, 1.82) is 0 Å². The summed E-state index contributed by atoms with van der Waals surface area (Å²) in [5, 5.41) is 6.10. The first-order chi connectivity index (χ1) is 9.43. The van der Waals surface area contributed by atoms with Crippen LogP contribution in [0, 0.1) is 17.3 Å². The molecule has 20 heavy (non-hydrogen) atoms. The molecule has 0 bridgehead atoms. The molecule has 1 aliphatic carbocycles. The van der Waals surface area contributed by atoms with Crippen LogP contribution in [0.3, 0.4) is 0 Å². The van der Waals surface area contributed by atoms with Crippen LogP contribution < -0.4 is 10.6 Å². The standard InChI is InChI=1S/C16H32N2O2/c1-16(2,3)14-7-5-13(6-8-14)11-18-15(19)12-17-9-10-20-4/h13-14,17H,5-12H2,1-4H3,(H,18,19). The van der Waals surface area contributed by atoms with Crippen molar-refractivity contribution in [2.24, 2.45) is 17.3 Å². The van der Waals surface area contributed by atoms with Crippen LogP contribution in [0.4, 0.5) is 0 Å². The van der Waals surface area contributed by atoms with Gasteiger partial charge in [0, 0.05) is 20.2 Å². The minimum absolute atomic E-state index is 0.0963. The van der Waals surface area contributed by atoms with E-state index in [1.165, 1.54) is 25.7 Å². The molecule has 1 aliphatic rings. The molecule has 0 aromatic carbocycles. The molecule has 0 radical (unpaired) electrons. The van der Waals surface area contributed by atoms with Crippen molar-refractivity contribution >= 4 is 5.91 Å². The number of carbonyl (C=O) groups excluding carboxylic acids is 1. The van der Waals surface area contributed by atoms with E-state index in [4.69, 9.17) is 4.74 Å². The number of rotatable bonds is 7. The zero-order chi connectivity index (χ0) is 15.0. The highest BCUT2D eigenvalue weighted by molar-refractivity contribution is 5.77. The monoisotopic (exact) mass is 284 g/mol. The van der Waals surface area contributed by atoms with E-state index in [1.54, 1.807) is 7.11 Å². The van der Waals surface area contributed by atoms with Crippen molar-refractivity contribution in [3.63, 3.8) is 0 Å². The van der Waals surface area contributed by atoms with Crippen LogP contribution in [0.1, 0.15) is 46.5 Å². The van der Waals surface area contributed by atoms with Crippen LogP contribution in [0.2, 0.25) is 0 Å². The maximum absolute atomic E-state index is 11.7. The molecule has 0 aromatic rings. The van der Waals surface area contributed by atoms with Crippen molar-refractivity contribution in [2.45, 2.75) is 46.5 Å².